The van der Waals surface area contributed by atoms with E-state index in [0.717, 1.165) is 15.6 Å². The summed E-state index contributed by atoms with van der Waals surface area (Å²) >= 11 is 3.40. The van der Waals surface area contributed by atoms with Crippen molar-refractivity contribution >= 4 is 33.7 Å². The Labute approximate surface area is 153 Å². The van der Waals surface area contributed by atoms with Crippen molar-refractivity contribution in [2.75, 3.05) is 6.61 Å². The summed E-state index contributed by atoms with van der Waals surface area (Å²) in [7, 11) is 0. The van der Waals surface area contributed by atoms with Gasteiger partial charge in [0.1, 0.15) is 5.75 Å². The molecular formula is C17H16BrN3O4. The predicted molar refractivity (Wildman–Crippen MR) is 97.9 cm³/mol. The first-order chi connectivity index (χ1) is 11.9. The minimum absolute atomic E-state index is 0.0871. The van der Waals surface area contributed by atoms with Crippen LogP contribution in [-0.2, 0) is 4.79 Å². The van der Waals surface area contributed by atoms with E-state index in [9.17, 15) is 14.9 Å². The zero-order chi connectivity index (χ0) is 18.4. The zero-order valence-corrected chi connectivity index (χ0v) is 15.2. The molecule has 0 radical (unpaired) electrons. The molecule has 0 spiro atoms. The quantitative estimate of drug-likeness (QED) is 0.451. The number of rotatable bonds is 6. The summed E-state index contributed by atoms with van der Waals surface area (Å²) in [5.74, 6) is 0.116. The van der Waals surface area contributed by atoms with Crippen LogP contribution >= 0.6 is 15.9 Å². The average molecular weight is 406 g/mol. The van der Waals surface area contributed by atoms with Gasteiger partial charge in [-0.05, 0) is 53.0 Å². The number of nitro benzene ring substituents is 1. The van der Waals surface area contributed by atoms with E-state index in [-0.39, 0.29) is 12.3 Å². The van der Waals surface area contributed by atoms with E-state index in [1.54, 1.807) is 12.1 Å². The number of hydrogen-bond acceptors (Lipinski definition) is 5. The maximum absolute atomic E-state index is 11.8. The molecule has 0 fully saturated rings. The van der Waals surface area contributed by atoms with Gasteiger partial charge >= 0.3 is 0 Å². The highest BCUT2D eigenvalue weighted by Crippen LogP contribution is 2.30. The topological polar surface area (TPSA) is 93.8 Å². The summed E-state index contributed by atoms with van der Waals surface area (Å²) in [6, 6.07) is 9.96. The normalized spacial score (nSPS) is 10.7. The van der Waals surface area contributed by atoms with Crippen LogP contribution < -0.4 is 10.2 Å². The fraction of sp³-hybridized carbons (Fsp3) is 0.176. The predicted octanol–water partition coefficient (Wildman–Crippen LogP) is 3.50. The van der Waals surface area contributed by atoms with Gasteiger partial charge in [-0.25, -0.2) is 5.43 Å². The second-order valence-electron chi connectivity index (χ2n) is 5.29. The number of ether oxygens (including phenoxy) is 1. The van der Waals surface area contributed by atoms with Crippen LogP contribution in [0.15, 0.2) is 46.0 Å². The van der Waals surface area contributed by atoms with Gasteiger partial charge in [-0.1, -0.05) is 18.2 Å². The molecule has 130 valence electrons. The molecule has 25 heavy (non-hydrogen) atoms. The van der Waals surface area contributed by atoms with Crippen LogP contribution in [0.3, 0.4) is 0 Å². The van der Waals surface area contributed by atoms with E-state index < -0.39 is 10.8 Å². The minimum atomic E-state index is -0.510. The van der Waals surface area contributed by atoms with Gasteiger partial charge in [0.25, 0.3) is 11.6 Å². The summed E-state index contributed by atoms with van der Waals surface area (Å²) < 4.78 is 6.27. The highest BCUT2D eigenvalue weighted by molar-refractivity contribution is 9.10. The number of hydrogen-bond donors (Lipinski definition) is 1. The number of nitro groups is 1. The molecule has 0 aromatic heterocycles. The van der Waals surface area contributed by atoms with Crippen LogP contribution in [0.2, 0.25) is 0 Å². The molecule has 7 nitrogen and oxygen atoms in total. The second-order valence-corrected chi connectivity index (χ2v) is 6.14. The molecule has 1 amide bonds. The molecule has 0 aliphatic heterocycles. The number of benzene rings is 2. The van der Waals surface area contributed by atoms with Crippen molar-refractivity contribution in [3.63, 3.8) is 0 Å². The third kappa shape index (κ3) is 5.12. The summed E-state index contributed by atoms with van der Waals surface area (Å²) in [6.45, 7) is 3.63. The smallest absolute Gasteiger partial charge is 0.278 e. The van der Waals surface area contributed by atoms with Gasteiger partial charge in [0.2, 0.25) is 0 Å². The van der Waals surface area contributed by atoms with Crippen molar-refractivity contribution in [3.05, 3.63) is 67.7 Å². The fourth-order valence-electron chi connectivity index (χ4n) is 2.19. The van der Waals surface area contributed by atoms with Crippen molar-refractivity contribution in [1.82, 2.24) is 5.43 Å². The Bertz CT molecular complexity index is 813. The number of nitrogens with zero attached hydrogens (tertiary/aromatic N) is 2. The lowest BCUT2D eigenvalue weighted by Gasteiger charge is -2.11. The van der Waals surface area contributed by atoms with Gasteiger partial charge in [0, 0.05) is 6.07 Å². The van der Waals surface area contributed by atoms with E-state index in [1.807, 2.05) is 26.0 Å². The Morgan fingerprint density at radius 2 is 2.08 bits per heavy atom. The molecule has 8 heteroatoms. The minimum Gasteiger partial charge on any atom is -0.482 e. The summed E-state index contributed by atoms with van der Waals surface area (Å²) in [4.78, 5) is 22.2. The lowest BCUT2D eigenvalue weighted by atomic mass is 10.1. The van der Waals surface area contributed by atoms with Gasteiger partial charge in [0.15, 0.2) is 6.61 Å². The lowest BCUT2D eigenvalue weighted by Crippen LogP contribution is -2.25. The van der Waals surface area contributed by atoms with E-state index in [1.165, 1.54) is 18.3 Å². The lowest BCUT2D eigenvalue weighted by molar-refractivity contribution is -0.385. The molecule has 2 aromatic carbocycles. The Hall–Kier alpha value is -2.74. The zero-order valence-electron chi connectivity index (χ0n) is 13.7. The first-order valence-electron chi connectivity index (χ1n) is 7.33. The SMILES string of the molecule is Cc1cc(C)c(OCC(=O)N/N=C/c2ccccc2[N+](=O)[O-])c(Br)c1. The fourth-order valence-corrected chi connectivity index (χ4v) is 2.98. The number of carbonyl (C=O) groups excluding carboxylic acids is 1. The molecule has 0 aliphatic carbocycles. The van der Waals surface area contributed by atoms with Crippen LogP contribution in [0.4, 0.5) is 5.69 Å². The molecule has 0 bridgehead atoms. The van der Waals surface area contributed by atoms with Crippen molar-refractivity contribution in [3.8, 4) is 5.75 Å². The van der Waals surface area contributed by atoms with E-state index in [2.05, 4.69) is 26.5 Å². The van der Waals surface area contributed by atoms with Crippen LogP contribution in [0.5, 0.6) is 5.75 Å². The first-order valence-corrected chi connectivity index (χ1v) is 8.12. The van der Waals surface area contributed by atoms with Crippen LogP contribution in [-0.4, -0.2) is 23.7 Å². The highest BCUT2D eigenvalue weighted by Gasteiger charge is 2.11. The van der Waals surface area contributed by atoms with Gasteiger partial charge < -0.3 is 4.74 Å². The Morgan fingerprint density at radius 1 is 1.36 bits per heavy atom. The first kappa shape index (κ1) is 18.6. The number of nitrogens with one attached hydrogen (secondary N) is 1. The highest BCUT2D eigenvalue weighted by atomic mass is 79.9. The van der Waals surface area contributed by atoms with E-state index in [0.29, 0.717) is 11.3 Å². The third-order valence-corrected chi connectivity index (χ3v) is 3.84. The summed E-state index contributed by atoms with van der Waals surface area (Å²) in [6.07, 6.45) is 1.23. The number of para-hydroxylation sites is 1. The molecule has 2 aromatic rings. The Morgan fingerprint density at radius 3 is 2.76 bits per heavy atom. The Kier molecular flexibility index (Phi) is 6.24. The van der Waals surface area contributed by atoms with Crippen molar-refractivity contribution in [1.29, 1.82) is 0 Å². The van der Waals surface area contributed by atoms with Crippen LogP contribution in [0.25, 0.3) is 0 Å². The maximum Gasteiger partial charge on any atom is 0.278 e. The molecule has 0 unspecified atom stereocenters. The van der Waals surface area contributed by atoms with Crippen molar-refractivity contribution < 1.29 is 14.5 Å². The van der Waals surface area contributed by atoms with Gasteiger partial charge in [-0.3, -0.25) is 14.9 Å². The summed E-state index contributed by atoms with van der Waals surface area (Å²) in [5.41, 5.74) is 4.48. The molecule has 0 saturated heterocycles. The number of amides is 1. The monoisotopic (exact) mass is 405 g/mol. The third-order valence-electron chi connectivity index (χ3n) is 3.25. The number of aryl methyl sites for hydroxylation is 2. The molecule has 0 heterocycles. The molecule has 1 N–H and O–H groups in total. The van der Waals surface area contributed by atoms with E-state index in [4.69, 9.17) is 4.74 Å². The van der Waals surface area contributed by atoms with Gasteiger partial charge in [-0.2, -0.15) is 5.10 Å². The average Bonchev–Trinajstić information content (AvgIpc) is 2.54. The number of carbonyl (C=O) groups is 1. The Balaban J connectivity index is 1.95. The van der Waals surface area contributed by atoms with E-state index >= 15 is 0 Å². The van der Waals surface area contributed by atoms with Crippen molar-refractivity contribution in [2.45, 2.75) is 13.8 Å². The van der Waals surface area contributed by atoms with Crippen LogP contribution in [0, 0.1) is 24.0 Å². The van der Waals surface area contributed by atoms with Crippen LogP contribution in [0.1, 0.15) is 16.7 Å². The molecule has 0 saturated carbocycles. The second kappa shape index (κ2) is 8.39. The molecule has 0 aliphatic rings. The largest absolute Gasteiger partial charge is 0.482 e. The van der Waals surface area contributed by atoms with Gasteiger partial charge in [0.05, 0.1) is 21.2 Å². The molecule has 0 atom stereocenters. The van der Waals surface area contributed by atoms with Crippen molar-refractivity contribution in [2.24, 2.45) is 5.10 Å². The van der Waals surface area contributed by atoms with Gasteiger partial charge in [-0.15, -0.1) is 0 Å². The number of hydrazone groups is 1. The number of halogens is 1. The molecular weight excluding hydrogens is 390 g/mol. The maximum atomic E-state index is 11.8. The summed E-state index contributed by atoms with van der Waals surface area (Å²) in [5, 5.41) is 14.6. The molecule has 2 rings (SSSR count). The standard InChI is InChI=1S/C17H16BrN3O4/c1-11-7-12(2)17(14(18)8-11)25-10-16(22)20-19-9-13-5-3-4-6-15(13)21(23)24/h3-9H,10H2,1-2H3,(H,20,22)/b19-9+.